The van der Waals surface area contributed by atoms with Gasteiger partial charge in [0.25, 0.3) is 5.56 Å². The molecule has 3 heterocycles. The van der Waals surface area contributed by atoms with Crippen LogP contribution in [-0.2, 0) is 7.05 Å². The number of aryl methyl sites for hydroxylation is 1. The second kappa shape index (κ2) is 7.24. The summed E-state index contributed by atoms with van der Waals surface area (Å²) in [6.07, 6.45) is 12.8. The van der Waals surface area contributed by atoms with Crippen molar-refractivity contribution in [3.8, 4) is 0 Å². The summed E-state index contributed by atoms with van der Waals surface area (Å²) in [4.78, 5) is 14.6. The molecule has 138 valence electrons. The zero-order chi connectivity index (χ0) is 17.3. The number of piperidine rings is 2. The highest BCUT2D eigenvalue weighted by Crippen LogP contribution is 2.44. The summed E-state index contributed by atoms with van der Waals surface area (Å²) in [5, 5.41) is 3.52. The summed E-state index contributed by atoms with van der Waals surface area (Å²) in [7, 11) is 1.83. The minimum absolute atomic E-state index is 0.125. The standard InChI is InChI=1S/C21H33N3O/c1-23-13-4-18(16-20(23)25)17-5-14-24(15-6-17)19-2-7-21(8-3-19)9-11-22-12-10-21/h4,13,16-17,19,22H,2-3,5-12,14-15H2,1H3. The maximum atomic E-state index is 11.9. The Morgan fingerprint density at radius 2 is 1.72 bits per heavy atom. The SMILES string of the molecule is Cn1ccc(C2CCN(C3CCC4(CCNCC4)CC3)CC2)cc1=O. The third kappa shape index (κ3) is 3.70. The van der Waals surface area contributed by atoms with E-state index >= 15 is 0 Å². The number of nitrogens with one attached hydrogen (secondary N) is 1. The summed E-state index contributed by atoms with van der Waals surface area (Å²) in [5.41, 5.74) is 2.05. The number of nitrogens with zero attached hydrogens (tertiary/aromatic N) is 2. The van der Waals surface area contributed by atoms with Gasteiger partial charge in [-0.05, 0) is 101 Å². The number of pyridine rings is 1. The van der Waals surface area contributed by atoms with Crippen LogP contribution >= 0.6 is 0 Å². The Morgan fingerprint density at radius 1 is 1.04 bits per heavy atom. The first-order valence-corrected chi connectivity index (χ1v) is 10.3. The Hall–Kier alpha value is -1.13. The van der Waals surface area contributed by atoms with Crippen molar-refractivity contribution in [2.45, 2.75) is 63.3 Å². The average Bonchev–Trinajstić information content (AvgIpc) is 2.66. The zero-order valence-corrected chi connectivity index (χ0v) is 15.7. The molecule has 0 radical (unpaired) electrons. The van der Waals surface area contributed by atoms with Crippen LogP contribution in [0, 0.1) is 5.41 Å². The zero-order valence-electron chi connectivity index (χ0n) is 15.7. The fraction of sp³-hybridized carbons (Fsp3) is 0.762. The van der Waals surface area contributed by atoms with E-state index in [1.807, 2.05) is 19.3 Å². The van der Waals surface area contributed by atoms with Crippen LogP contribution in [0.3, 0.4) is 0 Å². The molecule has 3 aliphatic rings. The topological polar surface area (TPSA) is 37.3 Å². The molecule has 4 nitrogen and oxygen atoms in total. The Labute approximate surface area is 151 Å². The largest absolute Gasteiger partial charge is 0.319 e. The number of likely N-dealkylation sites (tertiary alicyclic amines) is 1. The predicted molar refractivity (Wildman–Crippen MR) is 102 cm³/mol. The van der Waals surface area contributed by atoms with Crippen LogP contribution in [0.25, 0.3) is 0 Å². The highest BCUT2D eigenvalue weighted by molar-refractivity contribution is 5.17. The van der Waals surface area contributed by atoms with Gasteiger partial charge in [0, 0.05) is 25.4 Å². The molecule has 0 bridgehead atoms. The maximum absolute atomic E-state index is 11.9. The van der Waals surface area contributed by atoms with Crippen LogP contribution < -0.4 is 10.9 Å². The van der Waals surface area contributed by atoms with Gasteiger partial charge >= 0.3 is 0 Å². The van der Waals surface area contributed by atoms with Gasteiger partial charge in [0.1, 0.15) is 0 Å². The molecular formula is C21H33N3O. The molecule has 0 amide bonds. The Kier molecular flexibility index (Phi) is 5.01. The molecule has 25 heavy (non-hydrogen) atoms. The minimum atomic E-state index is 0.125. The van der Waals surface area contributed by atoms with E-state index in [1.165, 1.54) is 83.1 Å². The molecule has 1 aromatic rings. The second-order valence-electron chi connectivity index (χ2n) is 8.70. The number of rotatable bonds is 2. The number of aromatic nitrogens is 1. The highest BCUT2D eigenvalue weighted by Gasteiger charge is 2.38. The van der Waals surface area contributed by atoms with E-state index in [9.17, 15) is 4.79 Å². The van der Waals surface area contributed by atoms with Crippen molar-refractivity contribution in [3.63, 3.8) is 0 Å². The lowest BCUT2D eigenvalue weighted by atomic mass is 9.67. The van der Waals surface area contributed by atoms with E-state index in [0.29, 0.717) is 11.3 Å². The fourth-order valence-corrected chi connectivity index (χ4v) is 5.45. The lowest BCUT2D eigenvalue weighted by Crippen LogP contribution is -2.46. The van der Waals surface area contributed by atoms with Gasteiger partial charge in [0.15, 0.2) is 0 Å². The van der Waals surface area contributed by atoms with Gasteiger partial charge in [-0.1, -0.05) is 0 Å². The molecule has 0 unspecified atom stereocenters. The van der Waals surface area contributed by atoms with Crippen LogP contribution in [-0.4, -0.2) is 41.7 Å². The second-order valence-corrected chi connectivity index (χ2v) is 8.70. The Balaban J connectivity index is 1.30. The number of hydrogen-bond acceptors (Lipinski definition) is 3. The molecule has 1 spiro atoms. The van der Waals surface area contributed by atoms with Crippen LogP contribution in [0.5, 0.6) is 0 Å². The third-order valence-electron chi connectivity index (χ3n) is 7.33. The molecule has 2 aliphatic heterocycles. The Bertz CT molecular complexity index is 629. The van der Waals surface area contributed by atoms with E-state index in [1.54, 1.807) is 4.57 Å². The Morgan fingerprint density at radius 3 is 2.36 bits per heavy atom. The van der Waals surface area contributed by atoms with Crippen LogP contribution in [0.2, 0.25) is 0 Å². The lowest BCUT2D eigenvalue weighted by molar-refractivity contribution is 0.0533. The van der Waals surface area contributed by atoms with Gasteiger partial charge in [0.2, 0.25) is 0 Å². The first-order valence-electron chi connectivity index (χ1n) is 10.3. The minimum Gasteiger partial charge on any atom is -0.319 e. The molecule has 1 saturated carbocycles. The predicted octanol–water partition coefficient (Wildman–Crippen LogP) is 2.88. The summed E-state index contributed by atoms with van der Waals surface area (Å²) in [6.45, 7) is 4.87. The van der Waals surface area contributed by atoms with Gasteiger partial charge in [0.05, 0.1) is 0 Å². The van der Waals surface area contributed by atoms with E-state index in [2.05, 4.69) is 16.3 Å². The molecule has 3 fully saturated rings. The quantitative estimate of drug-likeness (QED) is 0.897. The van der Waals surface area contributed by atoms with Crippen LogP contribution in [0.15, 0.2) is 23.1 Å². The number of hydrogen-bond donors (Lipinski definition) is 1. The van der Waals surface area contributed by atoms with E-state index in [-0.39, 0.29) is 5.56 Å². The first-order chi connectivity index (χ1) is 12.2. The highest BCUT2D eigenvalue weighted by atomic mass is 16.1. The van der Waals surface area contributed by atoms with Gasteiger partial charge in [-0.2, -0.15) is 0 Å². The van der Waals surface area contributed by atoms with Crippen molar-refractivity contribution in [1.29, 1.82) is 0 Å². The molecule has 4 heteroatoms. The van der Waals surface area contributed by atoms with Gasteiger partial charge < -0.3 is 14.8 Å². The summed E-state index contributed by atoms with van der Waals surface area (Å²) in [5.74, 6) is 0.574. The first kappa shape index (κ1) is 17.3. The third-order valence-corrected chi connectivity index (χ3v) is 7.33. The van der Waals surface area contributed by atoms with E-state index in [4.69, 9.17) is 0 Å². The molecule has 1 aliphatic carbocycles. The molecule has 2 saturated heterocycles. The monoisotopic (exact) mass is 343 g/mol. The summed E-state index contributed by atoms with van der Waals surface area (Å²) < 4.78 is 1.66. The van der Waals surface area contributed by atoms with Crippen molar-refractivity contribution < 1.29 is 0 Å². The molecule has 0 aromatic carbocycles. The van der Waals surface area contributed by atoms with E-state index < -0.39 is 0 Å². The van der Waals surface area contributed by atoms with Gasteiger partial charge in [-0.3, -0.25) is 4.79 Å². The maximum Gasteiger partial charge on any atom is 0.250 e. The molecule has 0 atom stereocenters. The van der Waals surface area contributed by atoms with Crippen LogP contribution in [0.4, 0.5) is 0 Å². The average molecular weight is 344 g/mol. The van der Waals surface area contributed by atoms with Crippen molar-refractivity contribution >= 4 is 0 Å². The van der Waals surface area contributed by atoms with Crippen molar-refractivity contribution in [2.24, 2.45) is 12.5 Å². The molecular weight excluding hydrogens is 310 g/mol. The summed E-state index contributed by atoms with van der Waals surface area (Å²) >= 11 is 0. The molecule has 1 aromatic heterocycles. The fourth-order valence-electron chi connectivity index (χ4n) is 5.45. The normalized spacial score (nSPS) is 26.1. The summed E-state index contributed by atoms with van der Waals surface area (Å²) in [6, 6.07) is 4.80. The smallest absolute Gasteiger partial charge is 0.250 e. The molecule has 1 N–H and O–H groups in total. The molecule has 4 rings (SSSR count). The van der Waals surface area contributed by atoms with Gasteiger partial charge in [-0.25, -0.2) is 0 Å². The van der Waals surface area contributed by atoms with Crippen molar-refractivity contribution in [2.75, 3.05) is 26.2 Å². The van der Waals surface area contributed by atoms with Gasteiger partial charge in [-0.15, -0.1) is 0 Å². The van der Waals surface area contributed by atoms with Crippen molar-refractivity contribution in [3.05, 3.63) is 34.2 Å². The van der Waals surface area contributed by atoms with E-state index in [0.717, 1.165) is 6.04 Å². The van der Waals surface area contributed by atoms with Crippen molar-refractivity contribution in [1.82, 2.24) is 14.8 Å². The van der Waals surface area contributed by atoms with Crippen LogP contribution in [0.1, 0.15) is 62.8 Å². The lowest BCUT2D eigenvalue weighted by Gasteiger charge is -2.47.